The highest BCUT2D eigenvalue weighted by molar-refractivity contribution is 5.90. The van der Waals surface area contributed by atoms with E-state index in [2.05, 4.69) is 9.97 Å². The molecule has 1 saturated carbocycles. The average Bonchev–Trinajstić information content (AvgIpc) is 3.19. The lowest BCUT2D eigenvalue weighted by Crippen LogP contribution is -2.39. The molecule has 0 bridgehead atoms. The van der Waals surface area contributed by atoms with Crippen LogP contribution in [0.1, 0.15) is 31.4 Å². The van der Waals surface area contributed by atoms with E-state index in [0.717, 1.165) is 16.8 Å². The van der Waals surface area contributed by atoms with Crippen molar-refractivity contribution in [1.29, 1.82) is 0 Å². The molecule has 0 unspecified atom stereocenters. The predicted octanol–water partition coefficient (Wildman–Crippen LogP) is 3.33. The van der Waals surface area contributed by atoms with Gasteiger partial charge in [-0.3, -0.25) is 9.36 Å². The summed E-state index contributed by atoms with van der Waals surface area (Å²) in [5, 5.41) is 16.5. The number of para-hydroxylation sites is 1. The quantitative estimate of drug-likeness (QED) is 0.447. The molecule has 5 aromatic rings. The number of hydrogen-bond acceptors (Lipinski definition) is 6. The number of rotatable bonds is 3. The third-order valence-electron chi connectivity index (χ3n) is 6.44. The lowest BCUT2D eigenvalue weighted by Gasteiger charge is -2.39. The number of hydrogen-bond donors (Lipinski definition) is 2. The summed E-state index contributed by atoms with van der Waals surface area (Å²) in [7, 11) is 0. The van der Waals surface area contributed by atoms with Crippen LogP contribution < -0.4 is 11.3 Å². The van der Waals surface area contributed by atoms with Crippen molar-refractivity contribution in [2.24, 2.45) is 0 Å². The van der Waals surface area contributed by atoms with Gasteiger partial charge in [-0.05, 0) is 55.5 Å². The largest absolute Gasteiger partial charge is 0.390 e. The molecule has 164 valence electrons. The highest BCUT2D eigenvalue weighted by Gasteiger charge is 2.42. The molecule has 1 aliphatic carbocycles. The minimum Gasteiger partial charge on any atom is -0.390 e. The molecule has 8 nitrogen and oxygen atoms in total. The maximum atomic E-state index is 13.3. The van der Waals surface area contributed by atoms with E-state index in [1.165, 1.54) is 6.33 Å². The average molecular weight is 438 g/mol. The topological polar surface area (TPSA) is 112 Å². The van der Waals surface area contributed by atoms with Crippen molar-refractivity contribution in [3.63, 3.8) is 0 Å². The van der Waals surface area contributed by atoms with E-state index in [0.29, 0.717) is 40.8 Å². The van der Waals surface area contributed by atoms with Crippen LogP contribution in [0.25, 0.3) is 33.2 Å². The minimum absolute atomic E-state index is 0.0915. The second-order valence-electron chi connectivity index (χ2n) is 8.95. The van der Waals surface area contributed by atoms with Gasteiger partial charge in [0.05, 0.1) is 17.0 Å². The first-order chi connectivity index (χ1) is 15.9. The summed E-state index contributed by atoms with van der Waals surface area (Å²) in [6.07, 6.45) is 4.45. The molecule has 0 saturated heterocycles. The van der Waals surface area contributed by atoms with E-state index in [9.17, 15) is 9.90 Å². The molecule has 3 aromatic heterocycles. The summed E-state index contributed by atoms with van der Waals surface area (Å²) < 4.78 is 3.35. The molecule has 0 aliphatic heterocycles. The Balaban J connectivity index is 1.54. The first-order valence-electron chi connectivity index (χ1n) is 10.8. The molecular weight excluding hydrogens is 416 g/mol. The number of pyridine rings is 1. The van der Waals surface area contributed by atoms with Crippen molar-refractivity contribution in [1.82, 2.24) is 24.3 Å². The molecule has 3 heterocycles. The predicted molar refractivity (Wildman–Crippen MR) is 127 cm³/mol. The highest BCUT2D eigenvalue weighted by Crippen LogP contribution is 2.46. The van der Waals surface area contributed by atoms with Crippen LogP contribution in [0.4, 0.5) is 5.82 Å². The fourth-order valence-corrected chi connectivity index (χ4v) is 4.80. The Morgan fingerprint density at radius 2 is 1.85 bits per heavy atom. The van der Waals surface area contributed by atoms with Crippen LogP contribution in [0, 0.1) is 0 Å². The number of nitrogens with zero attached hydrogens (tertiary/aromatic N) is 5. The van der Waals surface area contributed by atoms with Crippen LogP contribution in [0.2, 0.25) is 0 Å². The minimum atomic E-state index is -0.690. The van der Waals surface area contributed by atoms with Crippen LogP contribution in [-0.4, -0.2) is 35.0 Å². The van der Waals surface area contributed by atoms with Gasteiger partial charge < -0.3 is 10.8 Å². The van der Waals surface area contributed by atoms with Crippen LogP contribution in [-0.2, 0) is 0 Å². The molecule has 8 heteroatoms. The Morgan fingerprint density at radius 3 is 2.61 bits per heavy atom. The monoisotopic (exact) mass is 438 g/mol. The normalized spacial score (nSPS) is 20.2. The molecule has 6 rings (SSSR count). The summed E-state index contributed by atoms with van der Waals surface area (Å²) in [5.74, 6) is 0.411. The third kappa shape index (κ3) is 3.10. The Labute approximate surface area is 188 Å². The molecule has 3 N–H and O–H groups in total. The maximum Gasteiger partial charge on any atom is 0.263 e. The van der Waals surface area contributed by atoms with Gasteiger partial charge in [0, 0.05) is 23.2 Å². The van der Waals surface area contributed by atoms with Crippen molar-refractivity contribution in [3.8, 4) is 11.4 Å². The van der Waals surface area contributed by atoms with Crippen molar-refractivity contribution in [2.75, 3.05) is 5.73 Å². The summed E-state index contributed by atoms with van der Waals surface area (Å²) in [6, 6.07) is 17.1. The van der Waals surface area contributed by atoms with Gasteiger partial charge in [0.15, 0.2) is 5.82 Å². The van der Waals surface area contributed by atoms with Gasteiger partial charge >= 0.3 is 0 Å². The molecule has 0 atom stereocenters. The number of nitrogen functional groups attached to an aromatic ring is 1. The standard InChI is InChI=1S/C25H22N6O2/c1-25(33)12-16(13-25)20-21-22(23(26)28-14-27-21)31(29-20)18-8-7-15-9-10-30(24(32)19(15)11-18)17-5-3-2-4-6-17/h2-11,14,16,33H,12-13H2,1H3,(H2,26,27,28). The first kappa shape index (κ1) is 19.6. The van der Waals surface area contributed by atoms with Gasteiger partial charge in [0.2, 0.25) is 0 Å². The van der Waals surface area contributed by atoms with Gasteiger partial charge in [0.25, 0.3) is 5.56 Å². The van der Waals surface area contributed by atoms with E-state index >= 15 is 0 Å². The number of anilines is 1. The lowest BCUT2D eigenvalue weighted by molar-refractivity contribution is -0.0321. The zero-order valence-corrected chi connectivity index (χ0v) is 18.0. The van der Waals surface area contributed by atoms with Crippen LogP contribution in [0.15, 0.2) is 71.9 Å². The van der Waals surface area contributed by atoms with Crippen LogP contribution >= 0.6 is 0 Å². The maximum absolute atomic E-state index is 13.3. The Morgan fingerprint density at radius 1 is 1.06 bits per heavy atom. The molecule has 0 radical (unpaired) electrons. The van der Waals surface area contributed by atoms with Gasteiger partial charge in [-0.1, -0.05) is 24.3 Å². The zero-order valence-electron chi connectivity index (χ0n) is 18.0. The third-order valence-corrected chi connectivity index (χ3v) is 6.44. The summed E-state index contributed by atoms with van der Waals surface area (Å²) in [4.78, 5) is 22.0. The summed E-state index contributed by atoms with van der Waals surface area (Å²) in [6.45, 7) is 1.83. The number of aliphatic hydroxyl groups is 1. The van der Waals surface area contributed by atoms with E-state index in [1.54, 1.807) is 15.4 Å². The molecule has 2 aromatic carbocycles. The van der Waals surface area contributed by atoms with E-state index in [1.807, 2.05) is 61.5 Å². The summed E-state index contributed by atoms with van der Waals surface area (Å²) >= 11 is 0. The van der Waals surface area contributed by atoms with Crippen molar-refractivity contribution < 1.29 is 5.11 Å². The molecule has 1 aliphatic rings. The van der Waals surface area contributed by atoms with E-state index in [-0.39, 0.29) is 11.5 Å². The Kier molecular flexibility index (Phi) is 4.15. The van der Waals surface area contributed by atoms with Crippen LogP contribution in [0.5, 0.6) is 0 Å². The van der Waals surface area contributed by atoms with Crippen molar-refractivity contribution >= 4 is 27.6 Å². The Hall–Kier alpha value is -4.04. The Bertz CT molecular complexity index is 1580. The molecule has 33 heavy (non-hydrogen) atoms. The molecule has 0 amide bonds. The highest BCUT2D eigenvalue weighted by atomic mass is 16.3. The van der Waals surface area contributed by atoms with Crippen molar-refractivity contribution in [2.45, 2.75) is 31.3 Å². The van der Waals surface area contributed by atoms with Crippen LogP contribution in [0.3, 0.4) is 0 Å². The fourth-order valence-electron chi connectivity index (χ4n) is 4.80. The van der Waals surface area contributed by atoms with E-state index < -0.39 is 5.60 Å². The second-order valence-corrected chi connectivity index (χ2v) is 8.95. The molecule has 0 spiro atoms. The fraction of sp³-hybridized carbons (Fsp3) is 0.200. The number of fused-ring (bicyclic) bond motifs is 2. The van der Waals surface area contributed by atoms with Gasteiger partial charge in [-0.25, -0.2) is 14.6 Å². The van der Waals surface area contributed by atoms with Crippen molar-refractivity contribution in [3.05, 3.63) is 83.2 Å². The smallest absolute Gasteiger partial charge is 0.263 e. The SMILES string of the molecule is CC1(O)CC(c2nn(-c3ccc4ccn(-c5ccccc5)c(=O)c4c3)c3c(N)ncnc23)C1. The van der Waals surface area contributed by atoms with Gasteiger partial charge in [-0.2, -0.15) is 5.10 Å². The number of benzene rings is 2. The second kappa shape index (κ2) is 6.98. The lowest BCUT2D eigenvalue weighted by atomic mass is 9.70. The number of aromatic nitrogens is 5. The van der Waals surface area contributed by atoms with Gasteiger partial charge in [0.1, 0.15) is 17.4 Å². The zero-order chi connectivity index (χ0) is 22.7. The van der Waals surface area contributed by atoms with Gasteiger partial charge in [-0.15, -0.1) is 0 Å². The first-order valence-corrected chi connectivity index (χ1v) is 10.8. The molecule has 1 fully saturated rings. The number of nitrogens with two attached hydrogens (primary N) is 1. The molecular formula is C25H22N6O2. The summed E-state index contributed by atoms with van der Waals surface area (Å²) in [5.41, 5.74) is 9.02. The van der Waals surface area contributed by atoms with E-state index in [4.69, 9.17) is 10.8 Å².